The molecule has 0 N–H and O–H groups in total. The molecular formula is C15H20N4. The molecule has 0 saturated carbocycles. The minimum atomic E-state index is 0.794. The molecule has 100 valence electrons. The third kappa shape index (κ3) is 3.41. The van der Waals surface area contributed by atoms with Crippen LogP contribution in [0.2, 0.25) is 0 Å². The van der Waals surface area contributed by atoms with E-state index in [4.69, 9.17) is 0 Å². The van der Waals surface area contributed by atoms with Gasteiger partial charge in [-0.05, 0) is 49.5 Å². The SMILES string of the molecule is c1cc(CN2CCC(Cn3ccnc3)CC2)ccn1. The van der Waals surface area contributed by atoms with Crippen LogP contribution in [0.4, 0.5) is 0 Å². The van der Waals surface area contributed by atoms with E-state index >= 15 is 0 Å². The van der Waals surface area contributed by atoms with Crippen LogP contribution in [0, 0.1) is 5.92 Å². The molecule has 2 aromatic heterocycles. The second-order valence-corrected chi connectivity index (χ2v) is 5.33. The second-order valence-electron chi connectivity index (χ2n) is 5.33. The summed E-state index contributed by atoms with van der Waals surface area (Å²) in [7, 11) is 0. The fourth-order valence-corrected chi connectivity index (χ4v) is 2.77. The topological polar surface area (TPSA) is 34.0 Å². The number of aromatic nitrogens is 3. The molecule has 0 unspecified atom stereocenters. The van der Waals surface area contributed by atoms with Gasteiger partial charge in [-0.25, -0.2) is 4.98 Å². The molecule has 1 saturated heterocycles. The van der Waals surface area contributed by atoms with Crippen molar-refractivity contribution in [3.05, 3.63) is 48.8 Å². The van der Waals surface area contributed by atoms with E-state index in [2.05, 4.69) is 37.8 Å². The third-order valence-corrected chi connectivity index (χ3v) is 3.89. The minimum Gasteiger partial charge on any atom is -0.337 e. The molecule has 2 aromatic rings. The number of hydrogen-bond acceptors (Lipinski definition) is 3. The average Bonchev–Trinajstić information content (AvgIpc) is 2.95. The maximum absolute atomic E-state index is 4.11. The number of piperidine rings is 1. The van der Waals surface area contributed by atoms with Crippen molar-refractivity contribution in [2.75, 3.05) is 13.1 Å². The zero-order valence-corrected chi connectivity index (χ0v) is 11.2. The van der Waals surface area contributed by atoms with Crippen LogP contribution in [-0.2, 0) is 13.1 Å². The smallest absolute Gasteiger partial charge is 0.0945 e. The molecule has 1 fully saturated rings. The van der Waals surface area contributed by atoms with Crippen molar-refractivity contribution in [3.8, 4) is 0 Å². The summed E-state index contributed by atoms with van der Waals surface area (Å²) < 4.78 is 2.20. The zero-order chi connectivity index (χ0) is 12.9. The minimum absolute atomic E-state index is 0.794. The Morgan fingerprint density at radius 3 is 2.53 bits per heavy atom. The summed E-state index contributed by atoms with van der Waals surface area (Å²) in [5.74, 6) is 0.794. The van der Waals surface area contributed by atoms with E-state index in [-0.39, 0.29) is 0 Å². The van der Waals surface area contributed by atoms with Crippen molar-refractivity contribution in [1.29, 1.82) is 0 Å². The first-order valence-electron chi connectivity index (χ1n) is 6.97. The van der Waals surface area contributed by atoms with Gasteiger partial charge < -0.3 is 4.57 Å². The Hall–Kier alpha value is -1.68. The first-order valence-corrected chi connectivity index (χ1v) is 6.97. The largest absolute Gasteiger partial charge is 0.337 e. The molecule has 19 heavy (non-hydrogen) atoms. The lowest BCUT2D eigenvalue weighted by atomic mass is 9.96. The molecule has 0 bridgehead atoms. The van der Waals surface area contributed by atoms with Gasteiger partial charge in [0, 0.05) is 37.9 Å². The van der Waals surface area contributed by atoms with Gasteiger partial charge in [-0.15, -0.1) is 0 Å². The van der Waals surface area contributed by atoms with E-state index in [1.807, 2.05) is 24.9 Å². The maximum atomic E-state index is 4.11. The monoisotopic (exact) mass is 256 g/mol. The van der Waals surface area contributed by atoms with E-state index in [1.54, 1.807) is 0 Å². The molecule has 0 spiro atoms. The summed E-state index contributed by atoms with van der Waals surface area (Å²) >= 11 is 0. The molecule has 1 aliphatic rings. The van der Waals surface area contributed by atoms with E-state index in [0.717, 1.165) is 19.0 Å². The van der Waals surface area contributed by atoms with Gasteiger partial charge in [-0.1, -0.05) is 0 Å². The zero-order valence-electron chi connectivity index (χ0n) is 11.2. The second kappa shape index (κ2) is 5.97. The van der Waals surface area contributed by atoms with E-state index in [1.165, 1.54) is 31.5 Å². The third-order valence-electron chi connectivity index (χ3n) is 3.89. The summed E-state index contributed by atoms with van der Waals surface area (Å²) in [5.41, 5.74) is 1.36. The molecule has 4 heteroatoms. The van der Waals surface area contributed by atoms with Crippen LogP contribution in [0.15, 0.2) is 43.2 Å². The Labute approximate surface area is 114 Å². The molecule has 0 radical (unpaired) electrons. The van der Waals surface area contributed by atoms with Gasteiger partial charge >= 0.3 is 0 Å². The van der Waals surface area contributed by atoms with Gasteiger partial charge in [-0.2, -0.15) is 0 Å². The highest BCUT2D eigenvalue weighted by Gasteiger charge is 2.19. The van der Waals surface area contributed by atoms with Gasteiger partial charge in [0.15, 0.2) is 0 Å². The summed E-state index contributed by atoms with van der Waals surface area (Å²) in [6, 6.07) is 4.22. The number of likely N-dealkylation sites (tertiary alicyclic amines) is 1. The van der Waals surface area contributed by atoms with Crippen LogP contribution in [0.25, 0.3) is 0 Å². The average molecular weight is 256 g/mol. The quantitative estimate of drug-likeness (QED) is 0.841. The highest BCUT2D eigenvalue weighted by molar-refractivity contribution is 5.09. The van der Waals surface area contributed by atoms with Crippen molar-refractivity contribution in [1.82, 2.24) is 19.4 Å². The Morgan fingerprint density at radius 1 is 1.05 bits per heavy atom. The molecule has 3 rings (SSSR count). The lowest BCUT2D eigenvalue weighted by Gasteiger charge is -2.32. The van der Waals surface area contributed by atoms with Gasteiger partial charge in [0.25, 0.3) is 0 Å². The van der Waals surface area contributed by atoms with Crippen molar-refractivity contribution in [3.63, 3.8) is 0 Å². The molecule has 3 heterocycles. The number of hydrogen-bond donors (Lipinski definition) is 0. The molecule has 0 atom stereocenters. The van der Waals surface area contributed by atoms with Crippen molar-refractivity contribution in [2.45, 2.75) is 25.9 Å². The summed E-state index contributed by atoms with van der Waals surface area (Å²) in [6.45, 7) is 4.56. The Balaban J connectivity index is 1.47. The summed E-state index contributed by atoms with van der Waals surface area (Å²) in [4.78, 5) is 10.7. The van der Waals surface area contributed by atoms with Gasteiger partial charge in [0.1, 0.15) is 0 Å². The highest BCUT2D eigenvalue weighted by atomic mass is 15.1. The number of nitrogens with zero attached hydrogens (tertiary/aromatic N) is 4. The van der Waals surface area contributed by atoms with Crippen LogP contribution < -0.4 is 0 Å². The van der Waals surface area contributed by atoms with Crippen LogP contribution in [0.5, 0.6) is 0 Å². The first kappa shape index (κ1) is 12.4. The number of rotatable bonds is 4. The van der Waals surface area contributed by atoms with Gasteiger partial charge in [0.2, 0.25) is 0 Å². The maximum Gasteiger partial charge on any atom is 0.0945 e. The highest BCUT2D eigenvalue weighted by Crippen LogP contribution is 2.20. The van der Waals surface area contributed by atoms with Crippen LogP contribution >= 0.6 is 0 Å². The number of imidazole rings is 1. The summed E-state index contributed by atoms with van der Waals surface area (Å²) in [6.07, 6.45) is 12.2. The van der Waals surface area contributed by atoms with E-state index in [9.17, 15) is 0 Å². The van der Waals surface area contributed by atoms with Crippen LogP contribution in [-0.4, -0.2) is 32.5 Å². The molecule has 0 amide bonds. The fourth-order valence-electron chi connectivity index (χ4n) is 2.77. The predicted octanol–water partition coefficient (Wildman–Crippen LogP) is 2.19. The van der Waals surface area contributed by atoms with Crippen molar-refractivity contribution < 1.29 is 0 Å². The van der Waals surface area contributed by atoms with Crippen molar-refractivity contribution in [2.24, 2.45) is 5.92 Å². The molecule has 0 aromatic carbocycles. The summed E-state index contributed by atoms with van der Waals surface area (Å²) in [5, 5.41) is 0. The lowest BCUT2D eigenvalue weighted by Crippen LogP contribution is -2.34. The van der Waals surface area contributed by atoms with Gasteiger partial charge in [-0.3, -0.25) is 9.88 Å². The van der Waals surface area contributed by atoms with E-state index < -0.39 is 0 Å². The Morgan fingerprint density at radius 2 is 1.84 bits per heavy atom. The van der Waals surface area contributed by atoms with Crippen LogP contribution in [0.3, 0.4) is 0 Å². The number of pyridine rings is 1. The normalized spacial score (nSPS) is 17.7. The lowest BCUT2D eigenvalue weighted by molar-refractivity contribution is 0.167. The fraction of sp³-hybridized carbons (Fsp3) is 0.467. The molecule has 4 nitrogen and oxygen atoms in total. The molecule has 1 aliphatic heterocycles. The Bertz CT molecular complexity index is 472. The molecule has 0 aliphatic carbocycles. The van der Waals surface area contributed by atoms with Gasteiger partial charge in [0.05, 0.1) is 6.33 Å². The van der Waals surface area contributed by atoms with E-state index in [0.29, 0.717) is 0 Å². The standard InChI is InChI=1S/C15H20N4/c1-5-16-6-2-14(1)11-18-8-3-15(4-9-18)12-19-10-7-17-13-19/h1-2,5-7,10,13,15H,3-4,8-9,11-12H2. The van der Waals surface area contributed by atoms with Crippen molar-refractivity contribution >= 4 is 0 Å². The Kier molecular flexibility index (Phi) is 3.89. The first-order chi connectivity index (χ1) is 9.40. The predicted molar refractivity (Wildman–Crippen MR) is 74.5 cm³/mol. The molecular weight excluding hydrogens is 236 g/mol. The van der Waals surface area contributed by atoms with Crippen LogP contribution in [0.1, 0.15) is 18.4 Å².